The standard InChI is InChI=1S/C23H28ClNO2/c1-15-7-8-19(11-15)25-10-9-16-13-21(26-2)22(27-3)14-20(16)23(25)17-5-4-6-18(24)12-17/h4-6,12-15,19,23H,7-11H2,1-3H3/t15-,19+,23+/m1/s1. The second-order valence-electron chi connectivity index (χ2n) is 7.92. The van der Waals surface area contributed by atoms with Crippen molar-refractivity contribution < 1.29 is 9.47 Å². The van der Waals surface area contributed by atoms with Crippen molar-refractivity contribution in [1.29, 1.82) is 0 Å². The maximum Gasteiger partial charge on any atom is 0.161 e. The molecule has 0 amide bonds. The first-order valence-electron chi connectivity index (χ1n) is 9.86. The summed E-state index contributed by atoms with van der Waals surface area (Å²) in [5, 5.41) is 0.792. The van der Waals surface area contributed by atoms with Gasteiger partial charge in [0.05, 0.1) is 20.3 Å². The third-order valence-electron chi connectivity index (χ3n) is 6.21. The highest BCUT2D eigenvalue weighted by Crippen LogP contribution is 2.44. The van der Waals surface area contributed by atoms with Crippen LogP contribution >= 0.6 is 11.6 Å². The van der Waals surface area contributed by atoms with E-state index in [0.717, 1.165) is 35.4 Å². The molecule has 1 saturated carbocycles. The van der Waals surface area contributed by atoms with Gasteiger partial charge in [-0.3, -0.25) is 4.90 Å². The van der Waals surface area contributed by atoms with Crippen LogP contribution in [-0.2, 0) is 6.42 Å². The van der Waals surface area contributed by atoms with Gasteiger partial charge in [0.15, 0.2) is 11.5 Å². The van der Waals surface area contributed by atoms with Crippen LogP contribution in [0, 0.1) is 5.92 Å². The van der Waals surface area contributed by atoms with Crippen molar-refractivity contribution >= 4 is 11.6 Å². The van der Waals surface area contributed by atoms with Gasteiger partial charge in [-0.05, 0) is 72.6 Å². The summed E-state index contributed by atoms with van der Waals surface area (Å²) in [7, 11) is 3.41. The summed E-state index contributed by atoms with van der Waals surface area (Å²) in [5.41, 5.74) is 3.93. The Morgan fingerprint density at radius 3 is 2.48 bits per heavy atom. The molecule has 0 aromatic heterocycles. The molecule has 2 aliphatic rings. The molecule has 2 aromatic rings. The zero-order chi connectivity index (χ0) is 19.0. The summed E-state index contributed by atoms with van der Waals surface area (Å²) in [6.07, 6.45) is 4.92. The van der Waals surface area contributed by atoms with Gasteiger partial charge in [0.25, 0.3) is 0 Å². The van der Waals surface area contributed by atoms with Crippen molar-refractivity contribution in [1.82, 2.24) is 4.90 Å². The summed E-state index contributed by atoms with van der Waals surface area (Å²) in [5.74, 6) is 2.41. The monoisotopic (exact) mass is 385 g/mol. The fourth-order valence-corrected chi connectivity index (χ4v) is 5.08. The second kappa shape index (κ2) is 7.73. The predicted octanol–water partition coefficient (Wildman–Crippen LogP) is 5.49. The van der Waals surface area contributed by atoms with Crippen LogP contribution in [0.3, 0.4) is 0 Å². The van der Waals surface area contributed by atoms with Gasteiger partial charge in [-0.15, -0.1) is 0 Å². The zero-order valence-electron chi connectivity index (χ0n) is 16.4. The van der Waals surface area contributed by atoms with Crippen molar-refractivity contribution in [2.45, 2.75) is 44.7 Å². The minimum Gasteiger partial charge on any atom is -0.493 e. The summed E-state index contributed by atoms with van der Waals surface area (Å²) in [4.78, 5) is 2.70. The van der Waals surface area contributed by atoms with Gasteiger partial charge < -0.3 is 9.47 Å². The van der Waals surface area contributed by atoms with Crippen LogP contribution in [0.2, 0.25) is 5.02 Å². The van der Waals surface area contributed by atoms with E-state index >= 15 is 0 Å². The first-order valence-corrected chi connectivity index (χ1v) is 10.2. The summed E-state index contributed by atoms with van der Waals surface area (Å²) >= 11 is 6.36. The molecule has 1 aliphatic heterocycles. The molecular formula is C23H28ClNO2. The van der Waals surface area contributed by atoms with Crippen LogP contribution in [0.25, 0.3) is 0 Å². The van der Waals surface area contributed by atoms with Gasteiger partial charge >= 0.3 is 0 Å². The molecule has 1 aliphatic carbocycles. The molecule has 1 fully saturated rings. The van der Waals surface area contributed by atoms with Crippen molar-refractivity contribution in [2.24, 2.45) is 5.92 Å². The predicted molar refractivity (Wildman–Crippen MR) is 110 cm³/mol. The van der Waals surface area contributed by atoms with E-state index in [1.807, 2.05) is 6.07 Å². The number of halogens is 1. The highest BCUT2D eigenvalue weighted by Gasteiger charge is 2.37. The molecule has 0 N–H and O–H groups in total. The molecule has 4 heteroatoms. The van der Waals surface area contributed by atoms with Crippen LogP contribution in [0.15, 0.2) is 36.4 Å². The molecule has 3 nitrogen and oxygen atoms in total. The molecule has 0 radical (unpaired) electrons. The molecule has 0 saturated heterocycles. The van der Waals surface area contributed by atoms with E-state index in [4.69, 9.17) is 21.1 Å². The van der Waals surface area contributed by atoms with Crippen LogP contribution in [0.1, 0.15) is 48.9 Å². The van der Waals surface area contributed by atoms with Gasteiger partial charge in [-0.1, -0.05) is 30.7 Å². The van der Waals surface area contributed by atoms with Crippen molar-refractivity contribution in [3.8, 4) is 11.5 Å². The molecule has 2 aromatic carbocycles. The van der Waals surface area contributed by atoms with Gasteiger partial charge in [-0.2, -0.15) is 0 Å². The molecule has 0 spiro atoms. The minimum atomic E-state index is 0.211. The lowest BCUT2D eigenvalue weighted by atomic mass is 9.86. The Labute approximate surface area is 167 Å². The average Bonchev–Trinajstić information content (AvgIpc) is 3.12. The Morgan fingerprint density at radius 2 is 1.81 bits per heavy atom. The molecule has 144 valence electrons. The van der Waals surface area contributed by atoms with Crippen LogP contribution < -0.4 is 9.47 Å². The number of rotatable bonds is 4. The van der Waals surface area contributed by atoms with Crippen molar-refractivity contribution in [2.75, 3.05) is 20.8 Å². The van der Waals surface area contributed by atoms with E-state index in [1.54, 1.807) is 14.2 Å². The maximum absolute atomic E-state index is 6.36. The molecule has 27 heavy (non-hydrogen) atoms. The van der Waals surface area contributed by atoms with E-state index in [-0.39, 0.29) is 6.04 Å². The Balaban J connectivity index is 1.82. The topological polar surface area (TPSA) is 21.7 Å². The van der Waals surface area contributed by atoms with Gasteiger partial charge in [0, 0.05) is 17.6 Å². The molecular weight excluding hydrogens is 358 g/mol. The zero-order valence-corrected chi connectivity index (χ0v) is 17.1. The third kappa shape index (κ3) is 3.55. The van der Waals surface area contributed by atoms with E-state index in [2.05, 4.69) is 42.2 Å². The lowest BCUT2D eigenvalue weighted by molar-refractivity contribution is 0.145. The maximum atomic E-state index is 6.36. The average molecular weight is 386 g/mol. The van der Waals surface area contributed by atoms with Crippen LogP contribution in [0.4, 0.5) is 0 Å². The van der Waals surface area contributed by atoms with E-state index in [0.29, 0.717) is 6.04 Å². The molecule has 4 rings (SSSR count). The highest BCUT2D eigenvalue weighted by molar-refractivity contribution is 6.30. The fourth-order valence-electron chi connectivity index (χ4n) is 4.88. The summed E-state index contributed by atoms with van der Waals surface area (Å²) in [6.45, 7) is 3.44. The number of methoxy groups -OCH3 is 2. The third-order valence-corrected chi connectivity index (χ3v) is 6.45. The Bertz CT molecular complexity index is 822. The lowest BCUT2D eigenvalue weighted by Gasteiger charge is -2.42. The number of ether oxygens (including phenoxy) is 2. The van der Waals surface area contributed by atoms with E-state index < -0.39 is 0 Å². The molecule has 3 atom stereocenters. The first kappa shape index (κ1) is 18.6. The summed E-state index contributed by atoms with van der Waals surface area (Å²) in [6, 6.07) is 13.5. The van der Waals surface area contributed by atoms with Gasteiger partial charge in [0.2, 0.25) is 0 Å². The molecule has 0 unspecified atom stereocenters. The lowest BCUT2D eigenvalue weighted by Crippen LogP contribution is -2.42. The van der Waals surface area contributed by atoms with E-state index in [9.17, 15) is 0 Å². The summed E-state index contributed by atoms with van der Waals surface area (Å²) < 4.78 is 11.2. The first-order chi connectivity index (χ1) is 13.1. The Kier molecular flexibility index (Phi) is 5.34. The van der Waals surface area contributed by atoms with E-state index in [1.165, 1.54) is 36.0 Å². The fraction of sp³-hybridized carbons (Fsp3) is 0.478. The van der Waals surface area contributed by atoms with Crippen LogP contribution in [0.5, 0.6) is 11.5 Å². The van der Waals surface area contributed by atoms with Crippen molar-refractivity contribution in [3.63, 3.8) is 0 Å². The Morgan fingerprint density at radius 1 is 1.04 bits per heavy atom. The molecule has 1 heterocycles. The molecule has 0 bridgehead atoms. The van der Waals surface area contributed by atoms with Crippen molar-refractivity contribution in [3.05, 3.63) is 58.1 Å². The van der Waals surface area contributed by atoms with Gasteiger partial charge in [0.1, 0.15) is 0 Å². The number of hydrogen-bond donors (Lipinski definition) is 0. The smallest absolute Gasteiger partial charge is 0.161 e. The number of fused-ring (bicyclic) bond motifs is 1. The quantitative estimate of drug-likeness (QED) is 0.694. The SMILES string of the molecule is COc1cc2c(cc1OC)[C@H](c1cccc(Cl)c1)N([C@H]1CC[C@@H](C)C1)CC2. The van der Waals surface area contributed by atoms with Gasteiger partial charge in [-0.25, -0.2) is 0 Å². The largest absolute Gasteiger partial charge is 0.493 e. The Hall–Kier alpha value is -1.71. The number of nitrogens with zero attached hydrogens (tertiary/aromatic N) is 1. The van der Waals surface area contributed by atoms with Crippen LogP contribution in [-0.4, -0.2) is 31.7 Å². The normalized spacial score (nSPS) is 25.3. The minimum absolute atomic E-state index is 0.211. The number of benzene rings is 2. The highest BCUT2D eigenvalue weighted by atomic mass is 35.5. The second-order valence-corrected chi connectivity index (χ2v) is 8.36. The number of hydrogen-bond acceptors (Lipinski definition) is 3.